The summed E-state index contributed by atoms with van der Waals surface area (Å²) < 4.78 is 5.30. The molecule has 1 saturated carbocycles. The number of ether oxygens (including phenoxy) is 1. The van der Waals surface area contributed by atoms with Gasteiger partial charge in [0.25, 0.3) is 0 Å². The minimum absolute atomic E-state index is 0.402. The molecule has 3 heteroatoms. The summed E-state index contributed by atoms with van der Waals surface area (Å²) in [4.78, 5) is 2.26. The first-order valence-corrected chi connectivity index (χ1v) is 6.72. The van der Waals surface area contributed by atoms with E-state index in [9.17, 15) is 0 Å². The van der Waals surface area contributed by atoms with Gasteiger partial charge in [0.15, 0.2) is 0 Å². The van der Waals surface area contributed by atoms with Crippen LogP contribution in [0.2, 0.25) is 0 Å². The molecule has 0 amide bonds. The predicted octanol–water partition coefficient (Wildman–Crippen LogP) is 2.30. The largest absolute Gasteiger partial charge is 0.497 e. The molecule has 1 aromatic rings. The highest BCUT2D eigenvalue weighted by Crippen LogP contribution is 2.28. The minimum atomic E-state index is 0.402. The van der Waals surface area contributed by atoms with E-state index in [1.807, 2.05) is 6.07 Å². The van der Waals surface area contributed by atoms with Crippen LogP contribution < -0.4 is 10.1 Å². The Morgan fingerprint density at radius 2 is 2.17 bits per heavy atom. The van der Waals surface area contributed by atoms with E-state index in [4.69, 9.17) is 4.74 Å². The molecule has 1 aliphatic carbocycles. The van der Waals surface area contributed by atoms with Gasteiger partial charge in [-0.3, -0.25) is 0 Å². The first kappa shape index (κ1) is 13.4. The van der Waals surface area contributed by atoms with Gasteiger partial charge in [0.05, 0.1) is 7.11 Å². The number of nitrogens with zero attached hydrogens (tertiary/aromatic N) is 1. The van der Waals surface area contributed by atoms with Gasteiger partial charge >= 0.3 is 0 Å². The lowest BCUT2D eigenvalue weighted by atomic mass is 10.1. The number of rotatable bonds is 7. The Morgan fingerprint density at radius 3 is 2.78 bits per heavy atom. The van der Waals surface area contributed by atoms with E-state index in [-0.39, 0.29) is 0 Å². The van der Waals surface area contributed by atoms with Crippen LogP contribution in [0.15, 0.2) is 24.3 Å². The first-order valence-electron chi connectivity index (χ1n) is 6.72. The molecule has 0 aliphatic heterocycles. The number of benzene rings is 1. The molecule has 0 bridgehead atoms. The van der Waals surface area contributed by atoms with Gasteiger partial charge in [-0.2, -0.15) is 0 Å². The average molecular weight is 248 g/mol. The summed E-state index contributed by atoms with van der Waals surface area (Å²) in [5.41, 5.74) is 1.31. The molecule has 1 atom stereocenters. The summed E-state index contributed by atoms with van der Waals surface area (Å²) in [5.74, 6) is 1.86. The van der Waals surface area contributed by atoms with Crippen molar-refractivity contribution in [3.05, 3.63) is 29.8 Å². The molecule has 0 heterocycles. The van der Waals surface area contributed by atoms with E-state index in [0.717, 1.165) is 24.8 Å². The van der Waals surface area contributed by atoms with Crippen LogP contribution in [-0.2, 0) is 0 Å². The first-order chi connectivity index (χ1) is 8.70. The minimum Gasteiger partial charge on any atom is -0.497 e. The second kappa shape index (κ2) is 6.21. The van der Waals surface area contributed by atoms with Crippen molar-refractivity contribution in [1.82, 2.24) is 10.2 Å². The van der Waals surface area contributed by atoms with Crippen molar-refractivity contribution < 1.29 is 4.74 Å². The normalized spacial score (nSPS) is 16.9. The van der Waals surface area contributed by atoms with Crippen LogP contribution in [0.4, 0.5) is 0 Å². The number of likely N-dealkylation sites (N-methyl/N-ethyl adjacent to an activating group) is 1. The summed E-state index contributed by atoms with van der Waals surface area (Å²) >= 11 is 0. The Hall–Kier alpha value is -1.06. The fraction of sp³-hybridized carbons (Fsp3) is 0.600. The Labute approximate surface area is 110 Å². The van der Waals surface area contributed by atoms with Crippen LogP contribution in [0.25, 0.3) is 0 Å². The highest BCUT2D eigenvalue weighted by Gasteiger charge is 2.21. The van der Waals surface area contributed by atoms with Gasteiger partial charge in [-0.15, -0.1) is 0 Å². The Morgan fingerprint density at radius 1 is 1.39 bits per heavy atom. The molecule has 1 N–H and O–H groups in total. The Bertz CT molecular complexity index is 375. The summed E-state index contributed by atoms with van der Waals surface area (Å²) in [7, 11) is 5.97. The van der Waals surface area contributed by atoms with Gasteiger partial charge in [0.1, 0.15) is 5.75 Å². The molecule has 1 aliphatic rings. The maximum Gasteiger partial charge on any atom is 0.119 e. The maximum absolute atomic E-state index is 5.30. The Balaban J connectivity index is 1.97. The number of hydrogen-bond acceptors (Lipinski definition) is 3. The molecule has 3 nitrogen and oxygen atoms in total. The molecule has 100 valence electrons. The van der Waals surface area contributed by atoms with E-state index < -0.39 is 0 Å². The van der Waals surface area contributed by atoms with Crippen LogP contribution in [0.5, 0.6) is 5.75 Å². The van der Waals surface area contributed by atoms with E-state index in [0.29, 0.717) is 6.04 Å². The fourth-order valence-electron chi connectivity index (χ4n) is 2.19. The highest BCUT2D eigenvalue weighted by atomic mass is 16.5. The third-order valence-electron chi connectivity index (χ3n) is 3.57. The van der Waals surface area contributed by atoms with Gasteiger partial charge in [0.2, 0.25) is 0 Å². The van der Waals surface area contributed by atoms with Gasteiger partial charge in [-0.1, -0.05) is 12.1 Å². The quantitative estimate of drug-likeness (QED) is 0.801. The van der Waals surface area contributed by atoms with Crippen LogP contribution in [0, 0.1) is 5.92 Å². The van der Waals surface area contributed by atoms with Crippen molar-refractivity contribution in [3.8, 4) is 5.75 Å². The smallest absolute Gasteiger partial charge is 0.119 e. The van der Waals surface area contributed by atoms with E-state index >= 15 is 0 Å². The van der Waals surface area contributed by atoms with Crippen molar-refractivity contribution in [2.45, 2.75) is 18.9 Å². The standard InChI is InChI=1S/C15H24N2O/c1-17(2)15(11-16-10-12-7-8-12)13-5-4-6-14(9-13)18-3/h4-6,9,12,15-16H,7-8,10-11H2,1-3H3. The van der Waals surface area contributed by atoms with Crippen LogP contribution in [0.3, 0.4) is 0 Å². The molecule has 18 heavy (non-hydrogen) atoms. The number of nitrogens with one attached hydrogen (secondary N) is 1. The second-order valence-electron chi connectivity index (χ2n) is 5.36. The molecule has 1 aromatic carbocycles. The highest BCUT2D eigenvalue weighted by molar-refractivity contribution is 5.30. The lowest BCUT2D eigenvalue weighted by molar-refractivity contribution is 0.287. The molecule has 1 unspecified atom stereocenters. The molecular formula is C15H24N2O. The van der Waals surface area contributed by atoms with Gasteiger partial charge in [0, 0.05) is 12.6 Å². The third kappa shape index (κ3) is 3.72. The lowest BCUT2D eigenvalue weighted by Crippen LogP contribution is -2.32. The van der Waals surface area contributed by atoms with Crippen molar-refractivity contribution in [1.29, 1.82) is 0 Å². The van der Waals surface area contributed by atoms with Crippen molar-refractivity contribution in [3.63, 3.8) is 0 Å². The predicted molar refractivity (Wildman–Crippen MR) is 75.0 cm³/mol. The topological polar surface area (TPSA) is 24.5 Å². The summed E-state index contributed by atoms with van der Waals surface area (Å²) in [6.45, 7) is 2.16. The van der Waals surface area contributed by atoms with E-state index in [2.05, 4.69) is 42.5 Å². The molecule has 0 saturated heterocycles. The van der Waals surface area contributed by atoms with Crippen LogP contribution in [-0.4, -0.2) is 39.2 Å². The second-order valence-corrected chi connectivity index (χ2v) is 5.36. The molecule has 0 spiro atoms. The lowest BCUT2D eigenvalue weighted by Gasteiger charge is -2.25. The SMILES string of the molecule is COc1cccc(C(CNCC2CC2)N(C)C)c1. The molecular weight excluding hydrogens is 224 g/mol. The molecule has 1 fully saturated rings. The molecule has 0 radical (unpaired) electrons. The molecule has 2 rings (SSSR count). The van der Waals surface area contributed by atoms with Crippen LogP contribution in [0.1, 0.15) is 24.4 Å². The van der Waals surface area contributed by atoms with Crippen molar-refractivity contribution in [2.75, 3.05) is 34.3 Å². The average Bonchev–Trinajstić information content (AvgIpc) is 3.18. The zero-order valence-electron chi connectivity index (χ0n) is 11.6. The van der Waals surface area contributed by atoms with E-state index in [1.165, 1.54) is 18.4 Å². The summed E-state index contributed by atoms with van der Waals surface area (Å²) in [6, 6.07) is 8.76. The summed E-state index contributed by atoms with van der Waals surface area (Å²) in [5, 5.41) is 3.58. The van der Waals surface area contributed by atoms with E-state index in [1.54, 1.807) is 7.11 Å². The zero-order valence-corrected chi connectivity index (χ0v) is 11.6. The van der Waals surface area contributed by atoms with Gasteiger partial charge in [-0.25, -0.2) is 0 Å². The molecule has 0 aromatic heterocycles. The van der Waals surface area contributed by atoms with Crippen molar-refractivity contribution >= 4 is 0 Å². The van der Waals surface area contributed by atoms with Gasteiger partial charge in [-0.05, 0) is 57.1 Å². The number of methoxy groups -OCH3 is 1. The maximum atomic E-state index is 5.30. The monoisotopic (exact) mass is 248 g/mol. The Kier molecular flexibility index (Phi) is 4.61. The number of hydrogen-bond donors (Lipinski definition) is 1. The fourth-order valence-corrected chi connectivity index (χ4v) is 2.19. The van der Waals surface area contributed by atoms with Crippen LogP contribution >= 0.6 is 0 Å². The summed E-state index contributed by atoms with van der Waals surface area (Å²) in [6.07, 6.45) is 2.80. The zero-order chi connectivity index (χ0) is 13.0. The van der Waals surface area contributed by atoms with Crippen molar-refractivity contribution in [2.24, 2.45) is 5.92 Å². The van der Waals surface area contributed by atoms with Gasteiger partial charge < -0.3 is 15.0 Å². The third-order valence-corrected chi connectivity index (χ3v) is 3.57.